The minimum absolute atomic E-state index is 0.206. The molecule has 0 aliphatic carbocycles. The van der Waals surface area contributed by atoms with E-state index in [0.29, 0.717) is 6.42 Å². The average molecular weight is 174 g/mol. The second kappa shape index (κ2) is 4.61. The minimum Gasteiger partial charge on any atom is -0.300 e. The van der Waals surface area contributed by atoms with Gasteiger partial charge in [0.15, 0.2) is 0 Å². The monoisotopic (exact) mass is 174 g/mol. The van der Waals surface area contributed by atoms with Crippen molar-refractivity contribution >= 4 is 11.4 Å². The summed E-state index contributed by atoms with van der Waals surface area (Å²) >= 11 is 0. The standard InChI is InChI=1S/C12H14O/c1-3-11(9-10(2)13)12-7-5-4-6-8-12/h3-8H,9H2,1-2H3/b11-3-. The first-order valence-electron chi connectivity index (χ1n) is 4.44. The van der Waals surface area contributed by atoms with E-state index in [1.807, 2.05) is 43.3 Å². The Bertz CT molecular complexity index is 309. The molecule has 1 heteroatoms. The first-order valence-corrected chi connectivity index (χ1v) is 4.44. The Morgan fingerprint density at radius 3 is 2.38 bits per heavy atom. The van der Waals surface area contributed by atoms with E-state index in [1.54, 1.807) is 6.92 Å². The van der Waals surface area contributed by atoms with Gasteiger partial charge in [-0.3, -0.25) is 4.79 Å². The molecule has 1 rings (SSSR count). The van der Waals surface area contributed by atoms with Crippen LogP contribution in [0.15, 0.2) is 36.4 Å². The zero-order valence-electron chi connectivity index (χ0n) is 8.08. The van der Waals surface area contributed by atoms with E-state index in [-0.39, 0.29) is 5.78 Å². The second-order valence-electron chi connectivity index (χ2n) is 3.06. The molecule has 0 amide bonds. The molecular formula is C12H14O. The predicted molar refractivity (Wildman–Crippen MR) is 55.4 cm³/mol. The molecule has 0 fully saturated rings. The van der Waals surface area contributed by atoms with Gasteiger partial charge in [-0.15, -0.1) is 0 Å². The molecular weight excluding hydrogens is 160 g/mol. The van der Waals surface area contributed by atoms with Crippen LogP contribution in [0.25, 0.3) is 5.57 Å². The quantitative estimate of drug-likeness (QED) is 0.688. The number of rotatable bonds is 3. The largest absolute Gasteiger partial charge is 0.300 e. The summed E-state index contributed by atoms with van der Waals surface area (Å²) in [5, 5.41) is 0. The highest BCUT2D eigenvalue weighted by Gasteiger charge is 2.01. The average Bonchev–Trinajstić information content (AvgIpc) is 2.15. The summed E-state index contributed by atoms with van der Waals surface area (Å²) in [6.45, 7) is 3.58. The number of ketones is 1. The molecule has 0 saturated heterocycles. The fourth-order valence-corrected chi connectivity index (χ4v) is 1.29. The van der Waals surface area contributed by atoms with Gasteiger partial charge in [0.25, 0.3) is 0 Å². The van der Waals surface area contributed by atoms with Gasteiger partial charge in [-0.05, 0) is 25.0 Å². The summed E-state index contributed by atoms with van der Waals surface area (Å²) in [6, 6.07) is 10.00. The molecule has 13 heavy (non-hydrogen) atoms. The third-order valence-corrected chi connectivity index (χ3v) is 1.93. The Kier molecular flexibility index (Phi) is 3.44. The van der Waals surface area contributed by atoms with Gasteiger partial charge in [-0.2, -0.15) is 0 Å². The van der Waals surface area contributed by atoms with Gasteiger partial charge in [0.05, 0.1) is 0 Å². The third kappa shape index (κ3) is 2.86. The van der Waals surface area contributed by atoms with Crippen LogP contribution in [0.2, 0.25) is 0 Å². The first kappa shape index (κ1) is 9.72. The number of carbonyl (C=O) groups is 1. The molecule has 0 heterocycles. The molecule has 1 aromatic carbocycles. The van der Waals surface area contributed by atoms with Gasteiger partial charge in [-0.25, -0.2) is 0 Å². The van der Waals surface area contributed by atoms with Crippen LogP contribution >= 0.6 is 0 Å². The van der Waals surface area contributed by atoms with Crippen molar-refractivity contribution in [2.24, 2.45) is 0 Å². The molecule has 0 bridgehead atoms. The van der Waals surface area contributed by atoms with Gasteiger partial charge >= 0.3 is 0 Å². The van der Waals surface area contributed by atoms with Gasteiger partial charge in [0.2, 0.25) is 0 Å². The molecule has 0 aliphatic rings. The fraction of sp³-hybridized carbons (Fsp3) is 0.250. The summed E-state index contributed by atoms with van der Waals surface area (Å²) in [4.78, 5) is 10.9. The van der Waals surface area contributed by atoms with E-state index in [0.717, 1.165) is 11.1 Å². The van der Waals surface area contributed by atoms with Crippen molar-refractivity contribution in [3.05, 3.63) is 42.0 Å². The zero-order valence-corrected chi connectivity index (χ0v) is 8.08. The van der Waals surface area contributed by atoms with E-state index < -0.39 is 0 Å². The van der Waals surface area contributed by atoms with Crippen molar-refractivity contribution in [1.29, 1.82) is 0 Å². The number of carbonyl (C=O) groups excluding carboxylic acids is 1. The molecule has 0 saturated carbocycles. The van der Waals surface area contributed by atoms with Gasteiger partial charge < -0.3 is 0 Å². The number of benzene rings is 1. The van der Waals surface area contributed by atoms with Crippen LogP contribution in [-0.4, -0.2) is 5.78 Å². The highest BCUT2D eigenvalue weighted by Crippen LogP contribution is 2.17. The summed E-state index contributed by atoms with van der Waals surface area (Å²) in [7, 11) is 0. The van der Waals surface area contributed by atoms with E-state index in [1.165, 1.54) is 0 Å². The molecule has 0 spiro atoms. The maximum absolute atomic E-state index is 10.9. The molecule has 1 aromatic rings. The number of allylic oxidation sites excluding steroid dienone is 2. The van der Waals surface area contributed by atoms with Gasteiger partial charge in [0.1, 0.15) is 5.78 Å². The number of Topliss-reactive ketones (excluding diaryl/α,β-unsaturated/α-hetero) is 1. The lowest BCUT2D eigenvalue weighted by atomic mass is 10.0. The van der Waals surface area contributed by atoms with Crippen LogP contribution in [0.3, 0.4) is 0 Å². The molecule has 1 nitrogen and oxygen atoms in total. The molecule has 0 atom stereocenters. The third-order valence-electron chi connectivity index (χ3n) is 1.93. The SMILES string of the molecule is C/C=C(/CC(C)=O)c1ccccc1. The summed E-state index contributed by atoms with van der Waals surface area (Å²) in [6.07, 6.45) is 2.53. The predicted octanol–water partition coefficient (Wildman–Crippen LogP) is 3.07. The van der Waals surface area contributed by atoms with Crippen LogP contribution in [-0.2, 0) is 4.79 Å². The first-order chi connectivity index (χ1) is 6.24. The molecule has 0 aliphatic heterocycles. The van der Waals surface area contributed by atoms with Crippen LogP contribution in [0.5, 0.6) is 0 Å². The molecule has 0 aromatic heterocycles. The fourth-order valence-electron chi connectivity index (χ4n) is 1.29. The van der Waals surface area contributed by atoms with E-state index >= 15 is 0 Å². The van der Waals surface area contributed by atoms with Crippen LogP contribution in [0.4, 0.5) is 0 Å². The van der Waals surface area contributed by atoms with Crippen molar-refractivity contribution < 1.29 is 4.79 Å². The molecule has 68 valence electrons. The van der Waals surface area contributed by atoms with Crippen molar-refractivity contribution in [2.75, 3.05) is 0 Å². The summed E-state index contributed by atoms with van der Waals surface area (Å²) in [5.74, 6) is 0.206. The van der Waals surface area contributed by atoms with E-state index in [2.05, 4.69) is 0 Å². The highest BCUT2D eigenvalue weighted by atomic mass is 16.1. The van der Waals surface area contributed by atoms with Crippen molar-refractivity contribution in [2.45, 2.75) is 20.3 Å². The van der Waals surface area contributed by atoms with Crippen molar-refractivity contribution in [3.63, 3.8) is 0 Å². The van der Waals surface area contributed by atoms with Gasteiger partial charge in [0, 0.05) is 6.42 Å². The van der Waals surface area contributed by atoms with Crippen molar-refractivity contribution in [3.8, 4) is 0 Å². The van der Waals surface area contributed by atoms with E-state index in [9.17, 15) is 4.79 Å². The van der Waals surface area contributed by atoms with Crippen LogP contribution < -0.4 is 0 Å². The van der Waals surface area contributed by atoms with Crippen LogP contribution in [0.1, 0.15) is 25.8 Å². The summed E-state index contributed by atoms with van der Waals surface area (Å²) in [5.41, 5.74) is 2.24. The number of hydrogen-bond acceptors (Lipinski definition) is 1. The Labute approximate surface area is 79.1 Å². The smallest absolute Gasteiger partial charge is 0.134 e. The lowest BCUT2D eigenvalue weighted by molar-refractivity contribution is -0.116. The van der Waals surface area contributed by atoms with E-state index in [4.69, 9.17) is 0 Å². The molecule has 0 radical (unpaired) electrons. The number of hydrogen-bond donors (Lipinski definition) is 0. The Morgan fingerprint density at radius 1 is 1.31 bits per heavy atom. The summed E-state index contributed by atoms with van der Waals surface area (Å²) < 4.78 is 0. The lowest BCUT2D eigenvalue weighted by Crippen LogP contribution is -1.92. The highest BCUT2D eigenvalue weighted by molar-refractivity contribution is 5.88. The van der Waals surface area contributed by atoms with Crippen LogP contribution in [0, 0.1) is 0 Å². The maximum Gasteiger partial charge on any atom is 0.134 e. The Morgan fingerprint density at radius 2 is 1.92 bits per heavy atom. The topological polar surface area (TPSA) is 17.1 Å². The minimum atomic E-state index is 0.206. The Balaban J connectivity index is 2.86. The van der Waals surface area contributed by atoms with Gasteiger partial charge in [-0.1, -0.05) is 36.4 Å². The molecule has 0 N–H and O–H groups in total. The second-order valence-corrected chi connectivity index (χ2v) is 3.06. The lowest BCUT2D eigenvalue weighted by Gasteiger charge is -2.03. The Hall–Kier alpha value is -1.37. The molecule has 0 unspecified atom stereocenters. The zero-order chi connectivity index (χ0) is 9.68. The van der Waals surface area contributed by atoms with Crippen molar-refractivity contribution in [1.82, 2.24) is 0 Å². The normalized spacial score (nSPS) is 11.4. The maximum atomic E-state index is 10.9.